The van der Waals surface area contributed by atoms with Gasteiger partial charge in [-0.1, -0.05) is 36.8 Å². The zero-order chi connectivity index (χ0) is 15.2. The predicted octanol–water partition coefficient (Wildman–Crippen LogP) is 2.05. The van der Waals surface area contributed by atoms with E-state index in [-0.39, 0.29) is 6.42 Å². The monoisotopic (exact) mass is 291 g/mol. The number of nitrogens with one attached hydrogen (secondary N) is 1. The van der Waals surface area contributed by atoms with Crippen molar-refractivity contribution in [3.05, 3.63) is 35.9 Å². The molecule has 1 aromatic rings. The second-order valence-electron chi connectivity index (χ2n) is 5.03. The van der Waals surface area contributed by atoms with Crippen LogP contribution in [0.15, 0.2) is 30.3 Å². The number of hydrogen-bond acceptors (Lipinski definition) is 4. The van der Waals surface area contributed by atoms with Crippen molar-refractivity contribution in [3.8, 4) is 0 Å². The van der Waals surface area contributed by atoms with Crippen LogP contribution >= 0.6 is 0 Å². The highest BCUT2D eigenvalue weighted by atomic mass is 16.7. The number of rotatable bonds is 2. The van der Waals surface area contributed by atoms with Crippen LogP contribution in [-0.2, 0) is 14.3 Å². The van der Waals surface area contributed by atoms with Gasteiger partial charge in [-0.25, -0.2) is 4.79 Å². The highest BCUT2D eigenvalue weighted by molar-refractivity contribution is 6.05. The van der Waals surface area contributed by atoms with E-state index in [2.05, 4.69) is 35.1 Å². The van der Waals surface area contributed by atoms with Crippen LogP contribution < -0.4 is 5.32 Å². The molecule has 1 aliphatic carbocycles. The minimum Gasteiger partial charge on any atom is -0.450 e. The molecule has 0 spiro atoms. The van der Waals surface area contributed by atoms with E-state index in [1.807, 2.05) is 5.32 Å². The lowest BCUT2D eigenvalue weighted by Gasteiger charge is -2.25. The van der Waals surface area contributed by atoms with Gasteiger partial charge in [0.25, 0.3) is 5.91 Å². The summed E-state index contributed by atoms with van der Waals surface area (Å²) in [5, 5.41) is 9.97. The van der Waals surface area contributed by atoms with Crippen LogP contribution in [0.1, 0.15) is 37.2 Å². The summed E-state index contributed by atoms with van der Waals surface area (Å²) in [5.41, 5.74) is 1.54. The lowest BCUT2D eigenvalue weighted by atomic mass is 9.80. The third-order valence-electron chi connectivity index (χ3n) is 3.55. The van der Waals surface area contributed by atoms with Crippen LogP contribution in [0.2, 0.25) is 0 Å². The zero-order valence-electron chi connectivity index (χ0n) is 11.5. The van der Waals surface area contributed by atoms with Crippen molar-refractivity contribution < 1.29 is 24.2 Å². The Labute approximate surface area is 122 Å². The molecule has 3 rings (SSSR count). The minimum absolute atomic E-state index is 0.217. The van der Waals surface area contributed by atoms with E-state index in [0.29, 0.717) is 0 Å². The lowest BCUT2D eigenvalue weighted by Crippen LogP contribution is -2.27. The van der Waals surface area contributed by atoms with Gasteiger partial charge in [-0.3, -0.25) is 14.9 Å². The Hall–Kier alpha value is -2.37. The summed E-state index contributed by atoms with van der Waals surface area (Å²) in [4.78, 5) is 30.9. The molecule has 2 aliphatic rings. The fourth-order valence-electron chi connectivity index (χ4n) is 2.21. The molecule has 1 unspecified atom stereocenters. The Bertz CT molecular complexity index is 524. The minimum atomic E-state index is -1.56. The maximum absolute atomic E-state index is 10.6. The number of carbonyl (C=O) groups is 3. The Kier molecular flexibility index (Phi) is 4.92. The van der Waals surface area contributed by atoms with Crippen molar-refractivity contribution in [2.24, 2.45) is 0 Å². The molecule has 2 amide bonds. The highest BCUT2D eigenvalue weighted by Gasteiger charge is 2.33. The fraction of sp³-hybridized carbons (Fsp3) is 0.400. The summed E-state index contributed by atoms with van der Waals surface area (Å²) in [7, 11) is 0. The quantitative estimate of drug-likeness (QED) is 0.642. The molecular weight excluding hydrogens is 274 g/mol. The topological polar surface area (TPSA) is 92.7 Å². The molecular formula is C15H17NO5. The first-order valence-electron chi connectivity index (χ1n) is 6.84. The molecule has 1 saturated heterocycles. The van der Waals surface area contributed by atoms with Gasteiger partial charge >= 0.3 is 6.16 Å². The molecule has 1 aliphatic heterocycles. The van der Waals surface area contributed by atoms with Gasteiger partial charge < -0.3 is 9.84 Å². The van der Waals surface area contributed by atoms with Gasteiger partial charge in [0.1, 0.15) is 0 Å². The van der Waals surface area contributed by atoms with Crippen molar-refractivity contribution in [1.29, 1.82) is 0 Å². The molecule has 0 aromatic heterocycles. The average molecular weight is 291 g/mol. The summed E-state index contributed by atoms with van der Waals surface area (Å²) >= 11 is 0. The van der Waals surface area contributed by atoms with E-state index < -0.39 is 24.1 Å². The molecule has 1 atom stereocenters. The van der Waals surface area contributed by atoms with Gasteiger partial charge in [0.2, 0.25) is 5.91 Å². The number of amides is 2. The fourth-order valence-corrected chi connectivity index (χ4v) is 2.21. The first kappa shape index (κ1) is 15.0. The first-order chi connectivity index (χ1) is 10.1. The van der Waals surface area contributed by atoms with Gasteiger partial charge in [0, 0.05) is 0 Å². The molecule has 1 aromatic carbocycles. The molecule has 2 N–H and O–H groups in total. The van der Waals surface area contributed by atoms with E-state index in [4.69, 9.17) is 5.11 Å². The summed E-state index contributed by atoms with van der Waals surface area (Å²) in [6.45, 7) is 0. The Morgan fingerprint density at radius 1 is 1.19 bits per heavy atom. The normalized spacial score (nSPS) is 20.9. The third kappa shape index (κ3) is 4.30. The largest absolute Gasteiger partial charge is 0.506 e. The number of carbonyl (C=O) groups excluding carboxylic acids is 2. The number of ether oxygens (including phenoxy) is 1. The summed E-state index contributed by atoms with van der Waals surface area (Å²) in [5.74, 6) is -0.320. The smallest absolute Gasteiger partial charge is 0.450 e. The van der Waals surface area contributed by atoms with E-state index in [0.717, 1.165) is 5.92 Å². The van der Waals surface area contributed by atoms with Crippen LogP contribution in [0, 0.1) is 0 Å². The maximum atomic E-state index is 10.6. The second-order valence-corrected chi connectivity index (χ2v) is 5.03. The number of imide groups is 1. The van der Waals surface area contributed by atoms with Gasteiger partial charge in [0.05, 0.1) is 6.42 Å². The first-order valence-corrected chi connectivity index (χ1v) is 6.84. The Morgan fingerprint density at radius 2 is 1.86 bits per heavy atom. The SMILES string of the molecule is O=C1CC(OC(=O)O)C(=O)N1.c1ccc(C2CCC2)cc1. The molecule has 1 heterocycles. The Balaban J connectivity index is 0.000000154. The van der Waals surface area contributed by atoms with Gasteiger partial charge in [-0.05, 0) is 24.3 Å². The summed E-state index contributed by atoms with van der Waals surface area (Å²) in [6, 6.07) is 10.8. The molecule has 0 bridgehead atoms. The molecule has 6 nitrogen and oxygen atoms in total. The van der Waals surface area contributed by atoms with E-state index in [1.165, 1.54) is 24.8 Å². The molecule has 2 fully saturated rings. The van der Waals surface area contributed by atoms with Crippen LogP contribution in [0.25, 0.3) is 0 Å². The number of hydrogen-bond donors (Lipinski definition) is 2. The highest BCUT2D eigenvalue weighted by Crippen LogP contribution is 2.35. The van der Waals surface area contributed by atoms with E-state index in [1.54, 1.807) is 0 Å². The van der Waals surface area contributed by atoms with Crippen LogP contribution in [0.5, 0.6) is 0 Å². The predicted molar refractivity (Wildman–Crippen MR) is 73.7 cm³/mol. The summed E-state index contributed by atoms with van der Waals surface area (Å²) in [6.07, 6.45) is 1.30. The van der Waals surface area contributed by atoms with Crippen molar-refractivity contribution in [2.45, 2.75) is 37.7 Å². The average Bonchev–Trinajstić information content (AvgIpc) is 2.67. The van der Waals surface area contributed by atoms with Crippen LogP contribution in [0.4, 0.5) is 4.79 Å². The van der Waals surface area contributed by atoms with Gasteiger partial charge in [-0.15, -0.1) is 0 Å². The van der Waals surface area contributed by atoms with E-state index >= 15 is 0 Å². The molecule has 112 valence electrons. The van der Waals surface area contributed by atoms with Crippen LogP contribution in [0.3, 0.4) is 0 Å². The molecule has 1 saturated carbocycles. The molecule has 6 heteroatoms. The van der Waals surface area contributed by atoms with Crippen LogP contribution in [-0.4, -0.2) is 29.2 Å². The second kappa shape index (κ2) is 6.88. The maximum Gasteiger partial charge on any atom is 0.506 e. The van der Waals surface area contributed by atoms with Gasteiger partial charge in [-0.2, -0.15) is 0 Å². The number of carboxylic acid groups (broad SMARTS) is 1. The summed E-state index contributed by atoms with van der Waals surface area (Å²) < 4.78 is 4.08. The standard InChI is InChI=1S/C10H12.C5H5NO5/c1-2-5-9(6-3-1)10-7-4-8-10;7-3-1-2(4(8)6-3)11-5(9)10/h1-3,5-6,10H,4,7-8H2;2H,1H2,(H,9,10)(H,6,7,8). The number of benzene rings is 1. The van der Waals surface area contributed by atoms with Crippen molar-refractivity contribution in [3.63, 3.8) is 0 Å². The molecule has 0 radical (unpaired) electrons. The Morgan fingerprint density at radius 3 is 2.29 bits per heavy atom. The van der Waals surface area contributed by atoms with Gasteiger partial charge in [0.15, 0.2) is 6.10 Å². The van der Waals surface area contributed by atoms with Crippen molar-refractivity contribution >= 4 is 18.0 Å². The van der Waals surface area contributed by atoms with Crippen molar-refractivity contribution in [2.75, 3.05) is 0 Å². The third-order valence-corrected chi connectivity index (χ3v) is 3.55. The van der Waals surface area contributed by atoms with Crippen molar-refractivity contribution in [1.82, 2.24) is 5.32 Å². The molecule has 21 heavy (non-hydrogen) atoms. The zero-order valence-corrected chi connectivity index (χ0v) is 11.5. The van der Waals surface area contributed by atoms with E-state index in [9.17, 15) is 14.4 Å². The lowest BCUT2D eigenvalue weighted by molar-refractivity contribution is -0.128.